The Hall–Kier alpha value is -2.35. The van der Waals surface area contributed by atoms with Crippen molar-refractivity contribution >= 4 is 5.97 Å². The molecule has 1 aliphatic carbocycles. The molecule has 0 aromatic carbocycles. The normalized spacial score (nSPS) is 21.3. The van der Waals surface area contributed by atoms with E-state index in [4.69, 9.17) is 10.8 Å². The maximum absolute atomic E-state index is 11.1. The van der Waals surface area contributed by atoms with E-state index < -0.39 is 5.97 Å². The summed E-state index contributed by atoms with van der Waals surface area (Å²) in [6, 6.07) is 3.55. The summed E-state index contributed by atoms with van der Waals surface area (Å²) in [5.74, 6) is -0.128. The minimum absolute atomic E-state index is 0.0161. The van der Waals surface area contributed by atoms with Gasteiger partial charge in [-0.05, 0) is 55.9 Å². The summed E-state index contributed by atoms with van der Waals surface area (Å²) in [6.45, 7) is 2.46. The molecular formula is C15H20N6O2. The van der Waals surface area contributed by atoms with Crippen molar-refractivity contribution in [3.8, 4) is 11.4 Å². The van der Waals surface area contributed by atoms with Crippen LogP contribution in [0.3, 0.4) is 0 Å². The molecule has 8 nitrogen and oxygen atoms in total. The third-order valence-electron chi connectivity index (χ3n) is 4.20. The molecule has 0 unspecified atom stereocenters. The number of nitrogens with zero attached hydrogens (tertiary/aromatic N) is 5. The van der Waals surface area contributed by atoms with Gasteiger partial charge in [-0.2, -0.15) is 4.80 Å². The van der Waals surface area contributed by atoms with Gasteiger partial charge in [0, 0.05) is 17.3 Å². The van der Waals surface area contributed by atoms with E-state index in [1.54, 1.807) is 17.8 Å². The summed E-state index contributed by atoms with van der Waals surface area (Å²) in [4.78, 5) is 16.7. The van der Waals surface area contributed by atoms with Crippen LogP contribution in [0.1, 0.15) is 41.9 Å². The summed E-state index contributed by atoms with van der Waals surface area (Å²) in [7, 11) is 0. The first-order valence-corrected chi connectivity index (χ1v) is 7.77. The number of carboxylic acid groups (broad SMARTS) is 1. The highest BCUT2D eigenvalue weighted by Crippen LogP contribution is 2.24. The molecule has 0 saturated heterocycles. The van der Waals surface area contributed by atoms with E-state index in [0.29, 0.717) is 29.0 Å². The van der Waals surface area contributed by atoms with Crippen LogP contribution in [0.4, 0.5) is 0 Å². The summed E-state index contributed by atoms with van der Waals surface area (Å²) in [6.07, 6.45) is 4.24. The fraction of sp³-hybridized carbons (Fsp3) is 0.533. The van der Waals surface area contributed by atoms with Gasteiger partial charge in [0.1, 0.15) is 5.69 Å². The molecule has 2 heterocycles. The second-order valence-corrected chi connectivity index (χ2v) is 6.14. The average molecular weight is 316 g/mol. The lowest BCUT2D eigenvalue weighted by Gasteiger charge is -2.25. The van der Waals surface area contributed by atoms with Crippen molar-refractivity contribution in [2.45, 2.75) is 45.2 Å². The van der Waals surface area contributed by atoms with Crippen LogP contribution in [-0.4, -0.2) is 42.3 Å². The number of carboxylic acids is 1. The average Bonchev–Trinajstić information content (AvgIpc) is 2.97. The number of rotatable bonds is 4. The molecule has 1 fully saturated rings. The first-order chi connectivity index (χ1) is 11.0. The van der Waals surface area contributed by atoms with Crippen molar-refractivity contribution in [1.29, 1.82) is 0 Å². The maximum atomic E-state index is 11.1. The molecule has 1 saturated carbocycles. The Kier molecular flexibility index (Phi) is 4.33. The lowest BCUT2D eigenvalue weighted by atomic mass is 9.86. The van der Waals surface area contributed by atoms with E-state index >= 15 is 0 Å². The number of aromatic nitrogens is 5. The molecule has 3 rings (SSSR count). The Bertz CT molecular complexity index is 706. The SMILES string of the molecule is Cc1cc(-c2nnn(C[C@H]3CC[C@H](N)CC3)n2)cc(C(=O)O)n1. The smallest absolute Gasteiger partial charge is 0.354 e. The Balaban J connectivity index is 1.75. The molecule has 0 radical (unpaired) electrons. The van der Waals surface area contributed by atoms with E-state index in [1.165, 1.54) is 6.07 Å². The highest BCUT2D eigenvalue weighted by molar-refractivity contribution is 5.86. The van der Waals surface area contributed by atoms with Crippen LogP contribution in [0.2, 0.25) is 0 Å². The van der Waals surface area contributed by atoms with Crippen LogP contribution < -0.4 is 5.73 Å². The number of hydrogen-bond donors (Lipinski definition) is 2. The lowest BCUT2D eigenvalue weighted by molar-refractivity contribution is 0.0690. The van der Waals surface area contributed by atoms with Gasteiger partial charge in [-0.25, -0.2) is 9.78 Å². The Morgan fingerprint density at radius 3 is 2.78 bits per heavy atom. The third-order valence-corrected chi connectivity index (χ3v) is 4.20. The second-order valence-electron chi connectivity index (χ2n) is 6.14. The summed E-state index contributed by atoms with van der Waals surface area (Å²) in [5, 5.41) is 21.6. The molecule has 8 heteroatoms. The van der Waals surface area contributed by atoms with Gasteiger partial charge in [0.15, 0.2) is 0 Å². The van der Waals surface area contributed by atoms with Crippen LogP contribution in [0.25, 0.3) is 11.4 Å². The molecular weight excluding hydrogens is 296 g/mol. The van der Waals surface area contributed by atoms with E-state index in [-0.39, 0.29) is 5.69 Å². The van der Waals surface area contributed by atoms with Crippen molar-refractivity contribution in [3.05, 3.63) is 23.5 Å². The summed E-state index contributed by atoms with van der Waals surface area (Å²) in [5.41, 5.74) is 7.13. The monoisotopic (exact) mass is 316 g/mol. The molecule has 0 aliphatic heterocycles. The van der Waals surface area contributed by atoms with E-state index in [1.807, 2.05) is 0 Å². The quantitative estimate of drug-likeness (QED) is 0.871. The van der Waals surface area contributed by atoms with Crippen molar-refractivity contribution in [1.82, 2.24) is 25.2 Å². The van der Waals surface area contributed by atoms with Gasteiger partial charge in [-0.1, -0.05) is 0 Å². The van der Waals surface area contributed by atoms with Gasteiger partial charge >= 0.3 is 5.97 Å². The Labute approximate surface area is 133 Å². The fourth-order valence-corrected chi connectivity index (χ4v) is 2.95. The third kappa shape index (κ3) is 3.70. The number of tetrazole rings is 1. The van der Waals surface area contributed by atoms with Gasteiger partial charge in [0.2, 0.25) is 5.82 Å². The first-order valence-electron chi connectivity index (χ1n) is 7.77. The van der Waals surface area contributed by atoms with Crippen molar-refractivity contribution in [3.63, 3.8) is 0 Å². The van der Waals surface area contributed by atoms with Crippen molar-refractivity contribution < 1.29 is 9.90 Å². The number of aryl methyl sites for hydroxylation is 1. The predicted molar refractivity (Wildman–Crippen MR) is 82.7 cm³/mol. The van der Waals surface area contributed by atoms with E-state index in [0.717, 1.165) is 32.2 Å². The highest BCUT2D eigenvalue weighted by Gasteiger charge is 2.20. The standard InChI is InChI=1S/C15H20N6O2/c1-9-6-11(7-13(17-9)15(22)23)14-18-20-21(19-14)8-10-2-4-12(16)5-3-10/h6-7,10,12H,2-5,8,16H2,1H3,(H,22,23)/t10-,12-. The van der Waals surface area contributed by atoms with Crippen LogP contribution in [0.15, 0.2) is 12.1 Å². The molecule has 23 heavy (non-hydrogen) atoms. The van der Waals surface area contributed by atoms with Gasteiger partial charge < -0.3 is 10.8 Å². The van der Waals surface area contributed by atoms with Crippen molar-refractivity contribution in [2.75, 3.05) is 0 Å². The van der Waals surface area contributed by atoms with Gasteiger partial charge in [0.25, 0.3) is 0 Å². The summed E-state index contributed by atoms with van der Waals surface area (Å²) < 4.78 is 0. The second kappa shape index (κ2) is 6.41. The first kappa shape index (κ1) is 15.5. The topological polar surface area (TPSA) is 120 Å². The highest BCUT2D eigenvalue weighted by atomic mass is 16.4. The zero-order valence-electron chi connectivity index (χ0n) is 13.0. The molecule has 0 amide bonds. The Morgan fingerprint density at radius 1 is 1.35 bits per heavy atom. The van der Waals surface area contributed by atoms with E-state index in [9.17, 15) is 4.79 Å². The van der Waals surface area contributed by atoms with Gasteiger partial charge in [0.05, 0.1) is 6.54 Å². The molecule has 0 bridgehead atoms. The zero-order chi connectivity index (χ0) is 16.4. The van der Waals surface area contributed by atoms with Crippen LogP contribution >= 0.6 is 0 Å². The van der Waals surface area contributed by atoms with Crippen LogP contribution in [-0.2, 0) is 6.54 Å². The lowest BCUT2D eigenvalue weighted by Crippen LogP contribution is -2.28. The van der Waals surface area contributed by atoms with Gasteiger partial charge in [-0.15, -0.1) is 10.2 Å². The predicted octanol–water partition coefficient (Wildman–Crippen LogP) is 1.26. The minimum atomic E-state index is -1.07. The molecule has 0 spiro atoms. The van der Waals surface area contributed by atoms with E-state index in [2.05, 4.69) is 20.4 Å². The number of nitrogens with two attached hydrogens (primary N) is 1. The number of hydrogen-bond acceptors (Lipinski definition) is 6. The number of carbonyl (C=O) groups is 1. The number of pyridine rings is 1. The van der Waals surface area contributed by atoms with Crippen LogP contribution in [0.5, 0.6) is 0 Å². The van der Waals surface area contributed by atoms with Gasteiger partial charge in [-0.3, -0.25) is 0 Å². The molecule has 0 atom stereocenters. The molecule has 1 aliphatic rings. The molecule has 2 aromatic heterocycles. The largest absolute Gasteiger partial charge is 0.477 e. The minimum Gasteiger partial charge on any atom is -0.477 e. The van der Waals surface area contributed by atoms with Crippen molar-refractivity contribution in [2.24, 2.45) is 11.7 Å². The molecule has 2 aromatic rings. The fourth-order valence-electron chi connectivity index (χ4n) is 2.95. The maximum Gasteiger partial charge on any atom is 0.354 e. The zero-order valence-corrected chi connectivity index (χ0v) is 13.0. The Morgan fingerprint density at radius 2 is 2.09 bits per heavy atom. The van der Waals surface area contributed by atoms with Crippen LogP contribution in [0, 0.1) is 12.8 Å². The molecule has 3 N–H and O–H groups in total. The molecule has 122 valence electrons. The number of aromatic carboxylic acids is 1. The summed E-state index contributed by atoms with van der Waals surface area (Å²) >= 11 is 0.